The molecule has 146 valence electrons. The van der Waals surface area contributed by atoms with Crippen molar-refractivity contribution >= 4 is 34.4 Å². The zero-order valence-electron chi connectivity index (χ0n) is 15.9. The Morgan fingerprint density at radius 2 is 2.19 bits per heavy atom. The number of likely N-dealkylation sites (tertiary alicyclic amines) is 1. The summed E-state index contributed by atoms with van der Waals surface area (Å²) >= 11 is 7.34. The van der Waals surface area contributed by atoms with E-state index in [1.54, 1.807) is 23.5 Å². The highest BCUT2D eigenvalue weighted by Crippen LogP contribution is 2.18. The third kappa shape index (κ3) is 6.26. The number of hydrogen-bond acceptors (Lipinski definition) is 3. The first-order valence-electron chi connectivity index (χ1n) is 9.67. The number of nitrogens with one attached hydrogen (secondary N) is 1. The minimum atomic E-state index is -0.279. The van der Waals surface area contributed by atoms with Gasteiger partial charge in [0.2, 0.25) is 0 Å². The summed E-state index contributed by atoms with van der Waals surface area (Å²) in [5.74, 6) is 0.517. The third-order valence-corrected chi connectivity index (χ3v) is 6.19. The van der Waals surface area contributed by atoms with Crippen LogP contribution in [0.3, 0.4) is 0 Å². The summed E-state index contributed by atoms with van der Waals surface area (Å²) < 4.78 is 14.0. The average Bonchev–Trinajstić information content (AvgIpc) is 3.16. The molecule has 3 rings (SSSR count). The van der Waals surface area contributed by atoms with E-state index in [0.29, 0.717) is 10.8 Å². The zero-order chi connectivity index (χ0) is 19.1. The highest BCUT2D eigenvalue weighted by Gasteiger charge is 2.17. The Morgan fingerprint density at radius 1 is 1.33 bits per heavy atom. The zero-order valence-corrected chi connectivity index (χ0v) is 17.5. The van der Waals surface area contributed by atoms with Crippen LogP contribution in [0.25, 0.3) is 0 Å². The lowest BCUT2D eigenvalue weighted by Gasteiger charge is -2.32. The van der Waals surface area contributed by atoms with Gasteiger partial charge in [0.1, 0.15) is 5.82 Å². The molecule has 0 aliphatic carbocycles. The van der Waals surface area contributed by atoms with Gasteiger partial charge in [-0.05, 0) is 74.1 Å². The largest absolute Gasteiger partial charge is 0.344 e. The normalized spacial score (nSPS) is 17.6. The number of para-hydroxylation sites is 1. The monoisotopic (exact) mass is 405 g/mol. The van der Waals surface area contributed by atoms with Gasteiger partial charge in [-0.3, -0.25) is 0 Å². The molecule has 27 heavy (non-hydrogen) atoms. The molecule has 0 spiro atoms. The molecular formula is C21H28FN3S2. The van der Waals surface area contributed by atoms with Gasteiger partial charge in [0.15, 0.2) is 5.11 Å². The second-order valence-corrected chi connectivity index (χ2v) is 8.73. The van der Waals surface area contributed by atoms with Gasteiger partial charge in [-0.2, -0.15) is 0 Å². The molecule has 0 saturated carbocycles. The topological polar surface area (TPSA) is 18.5 Å². The number of hydrogen-bond donors (Lipinski definition) is 1. The number of thiocarbonyl (C=S) groups is 1. The maximum Gasteiger partial charge on any atom is 0.173 e. The maximum atomic E-state index is 14.0. The van der Waals surface area contributed by atoms with E-state index in [1.165, 1.54) is 36.9 Å². The minimum absolute atomic E-state index is 0.279. The number of rotatable bonds is 7. The van der Waals surface area contributed by atoms with Crippen LogP contribution in [0.5, 0.6) is 0 Å². The Balaban J connectivity index is 1.58. The highest BCUT2D eigenvalue weighted by molar-refractivity contribution is 7.80. The first kappa shape index (κ1) is 20.2. The second-order valence-electron chi connectivity index (χ2n) is 7.31. The van der Waals surface area contributed by atoms with Gasteiger partial charge < -0.3 is 15.1 Å². The summed E-state index contributed by atoms with van der Waals surface area (Å²) in [5, 5.41) is 5.75. The van der Waals surface area contributed by atoms with Crippen LogP contribution in [0.2, 0.25) is 0 Å². The SMILES string of the molecule is C[C@H]1CCCN(CCCN(Cc2cccs2)C(=S)Nc2ccccc2F)C1. The first-order chi connectivity index (χ1) is 13.1. The highest BCUT2D eigenvalue weighted by atomic mass is 32.1. The van der Waals surface area contributed by atoms with E-state index in [0.717, 1.165) is 32.0 Å². The summed E-state index contributed by atoms with van der Waals surface area (Å²) in [7, 11) is 0. The van der Waals surface area contributed by atoms with Crippen molar-refractivity contribution in [3.8, 4) is 0 Å². The molecule has 1 atom stereocenters. The molecule has 1 saturated heterocycles. The van der Waals surface area contributed by atoms with Crippen LogP contribution >= 0.6 is 23.6 Å². The number of thiophene rings is 1. The minimum Gasteiger partial charge on any atom is -0.344 e. The average molecular weight is 406 g/mol. The van der Waals surface area contributed by atoms with E-state index < -0.39 is 0 Å². The van der Waals surface area contributed by atoms with Gasteiger partial charge in [-0.15, -0.1) is 11.3 Å². The fourth-order valence-corrected chi connectivity index (χ4v) is 4.56. The molecule has 2 aromatic rings. The number of halogens is 1. The summed E-state index contributed by atoms with van der Waals surface area (Å²) in [6.07, 6.45) is 3.70. The Morgan fingerprint density at radius 3 is 2.93 bits per heavy atom. The molecule has 1 aliphatic rings. The van der Waals surface area contributed by atoms with Crippen molar-refractivity contribution in [2.75, 3.05) is 31.5 Å². The maximum absolute atomic E-state index is 14.0. The predicted octanol–water partition coefficient (Wildman–Crippen LogP) is 5.21. The number of piperidine rings is 1. The van der Waals surface area contributed by atoms with Crippen LogP contribution in [0.1, 0.15) is 31.1 Å². The van der Waals surface area contributed by atoms with E-state index in [9.17, 15) is 4.39 Å². The van der Waals surface area contributed by atoms with E-state index in [4.69, 9.17) is 12.2 Å². The van der Waals surface area contributed by atoms with Crippen LogP contribution in [-0.4, -0.2) is 41.1 Å². The van der Waals surface area contributed by atoms with Gasteiger partial charge in [-0.25, -0.2) is 4.39 Å². The number of nitrogens with zero attached hydrogens (tertiary/aromatic N) is 2. The summed E-state index contributed by atoms with van der Waals surface area (Å²) in [5.41, 5.74) is 0.434. The molecule has 0 bridgehead atoms. The van der Waals surface area contributed by atoms with Crippen molar-refractivity contribution in [2.45, 2.75) is 32.7 Å². The molecule has 0 radical (unpaired) electrons. The lowest BCUT2D eigenvalue weighted by Crippen LogP contribution is -2.39. The number of anilines is 1. The molecule has 1 fully saturated rings. The summed E-state index contributed by atoms with van der Waals surface area (Å²) in [6, 6.07) is 10.9. The first-order valence-corrected chi connectivity index (χ1v) is 11.0. The Labute approximate surface area is 171 Å². The summed E-state index contributed by atoms with van der Waals surface area (Å²) in [6.45, 7) is 7.45. The van der Waals surface area contributed by atoms with Gasteiger partial charge in [0, 0.05) is 18.0 Å². The van der Waals surface area contributed by atoms with Crippen molar-refractivity contribution in [1.82, 2.24) is 9.80 Å². The second kappa shape index (κ2) is 10.2. The van der Waals surface area contributed by atoms with Gasteiger partial charge in [-0.1, -0.05) is 25.1 Å². The van der Waals surface area contributed by atoms with Crippen LogP contribution in [-0.2, 0) is 6.54 Å². The van der Waals surface area contributed by atoms with E-state index >= 15 is 0 Å². The van der Waals surface area contributed by atoms with Crippen LogP contribution in [0, 0.1) is 11.7 Å². The van der Waals surface area contributed by atoms with Crippen molar-refractivity contribution in [3.63, 3.8) is 0 Å². The molecule has 0 unspecified atom stereocenters. The van der Waals surface area contributed by atoms with Crippen LogP contribution < -0.4 is 5.32 Å². The van der Waals surface area contributed by atoms with Gasteiger partial charge in [0.25, 0.3) is 0 Å². The predicted molar refractivity (Wildman–Crippen MR) is 117 cm³/mol. The standard InChI is InChI=1S/C21H28FN3S2/c1-17-7-4-11-24(15-17)12-6-13-25(16-18-8-5-14-27-18)21(26)23-20-10-3-2-9-19(20)22/h2-3,5,8-10,14,17H,4,6-7,11-13,15-16H2,1H3,(H,23,26)/t17-/m0/s1. The summed E-state index contributed by atoms with van der Waals surface area (Å²) in [4.78, 5) is 5.98. The molecule has 1 aliphatic heterocycles. The van der Waals surface area contributed by atoms with Crippen molar-refractivity contribution < 1.29 is 4.39 Å². The van der Waals surface area contributed by atoms with E-state index in [2.05, 4.69) is 39.6 Å². The molecule has 3 nitrogen and oxygen atoms in total. The molecule has 0 amide bonds. The van der Waals surface area contributed by atoms with Gasteiger partial charge in [0.05, 0.1) is 12.2 Å². The number of benzene rings is 1. The molecule has 6 heteroatoms. The molecule has 2 heterocycles. The van der Waals surface area contributed by atoms with Crippen LogP contribution in [0.4, 0.5) is 10.1 Å². The lowest BCUT2D eigenvalue weighted by atomic mass is 10.0. The smallest absolute Gasteiger partial charge is 0.173 e. The Bertz CT molecular complexity index is 720. The van der Waals surface area contributed by atoms with Crippen molar-refractivity contribution in [2.24, 2.45) is 5.92 Å². The molecule has 1 aromatic carbocycles. The Kier molecular flexibility index (Phi) is 7.61. The molecule has 1 aromatic heterocycles. The lowest BCUT2D eigenvalue weighted by molar-refractivity contribution is 0.177. The van der Waals surface area contributed by atoms with Crippen molar-refractivity contribution in [3.05, 3.63) is 52.5 Å². The Hall–Kier alpha value is -1.50. The van der Waals surface area contributed by atoms with E-state index in [1.807, 2.05) is 6.07 Å². The quantitative estimate of drug-likeness (QED) is 0.637. The van der Waals surface area contributed by atoms with Crippen LogP contribution in [0.15, 0.2) is 41.8 Å². The van der Waals surface area contributed by atoms with Crippen molar-refractivity contribution in [1.29, 1.82) is 0 Å². The fourth-order valence-electron chi connectivity index (χ4n) is 3.57. The fraction of sp³-hybridized carbons (Fsp3) is 0.476. The molecule has 1 N–H and O–H groups in total. The van der Waals surface area contributed by atoms with E-state index in [-0.39, 0.29) is 5.82 Å². The van der Waals surface area contributed by atoms with Gasteiger partial charge >= 0.3 is 0 Å². The third-order valence-electron chi connectivity index (χ3n) is 4.97. The molecular weight excluding hydrogens is 377 g/mol.